The molecule has 1 saturated heterocycles. The Balaban J connectivity index is 1.93. The first-order valence-electron chi connectivity index (χ1n) is 5.25. The summed E-state index contributed by atoms with van der Waals surface area (Å²) < 4.78 is 10.9. The summed E-state index contributed by atoms with van der Waals surface area (Å²) in [5, 5.41) is -0.0155. The van der Waals surface area contributed by atoms with Crippen LogP contribution in [0.4, 0.5) is 0 Å². The maximum atomic E-state index is 11.2. The van der Waals surface area contributed by atoms with Gasteiger partial charge in [0.05, 0.1) is 12.4 Å². The van der Waals surface area contributed by atoms with Crippen molar-refractivity contribution in [3.05, 3.63) is 21.7 Å². The topological polar surface area (TPSA) is 64.2 Å². The van der Waals surface area contributed by atoms with Gasteiger partial charge >= 0.3 is 0 Å². The molecule has 2 heterocycles. The number of ether oxygens (including phenoxy) is 2. The largest absolute Gasteiger partial charge is 0.474 e. The molecular formula is C10H13ClN2O3. The van der Waals surface area contributed by atoms with Gasteiger partial charge in [0.1, 0.15) is 6.61 Å². The van der Waals surface area contributed by atoms with Gasteiger partial charge in [0.15, 0.2) is 5.02 Å². The Kier molecular flexibility index (Phi) is 3.79. The molecule has 6 heteroatoms. The summed E-state index contributed by atoms with van der Waals surface area (Å²) in [5.41, 5.74) is -0.392. The summed E-state index contributed by atoms with van der Waals surface area (Å²) in [6.07, 6.45) is 4.56. The molecule has 88 valence electrons. The van der Waals surface area contributed by atoms with Gasteiger partial charge in [-0.2, -0.15) is 0 Å². The third-order valence-electron chi connectivity index (χ3n) is 2.44. The van der Waals surface area contributed by atoms with E-state index in [-0.39, 0.29) is 17.0 Å². The number of halogens is 1. The van der Waals surface area contributed by atoms with Crippen molar-refractivity contribution in [1.82, 2.24) is 9.97 Å². The average molecular weight is 245 g/mol. The molecule has 0 spiro atoms. The van der Waals surface area contributed by atoms with Crippen molar-refractivity contribution in [1.29, 1.82) is 0 Å². The standard InChI is InChI=1S/C10H13ClN2O3/c11-8-9(14)12-6-13-10(8)16-5-7-3-1-2-4-15-7/h6-7H,1-5H2,(H,12,13,14). The Labute approximate surface area is 97.7 Å². The van der Waals surface area contributed by atoms with Crippen LogP contribution in [0.2, 0.25) is 5.02 Å². The highest BCUT2D eigenvalue weighted by molar-refractivity contribution is 6.31. The molecule has 1 aromatic rings. The maximum absolute atomic E-state index is 11.2. The van der Waals surface area contributed by atoms with Crippen molar-refractivity contribution in [2.45, 2.75) is 25.4 Å². The van der Waals surface area contributed by atoms with Gasteiger partial charge in [-0.3, -0.25) is 4.79 Å². The van der Waals surface area contributed by atoms with E-state index in [1.807, 2.05) is 0 Å². The molecular weight excluding hydrogens is 232 g/mol. The molecule has 1 unspecified atom stereocenters. The number of hydrogen-bond acceptors (Lipinski definition) is 4. The minimum absolute atomic E-state index is 0.0155. The quantitative estimate of drug-likeness (QED) is 0.872. The van der Waals surface area contributed by atoms with Crippen LogP contribution in [0.3, 0.4) is 0 Å². The Hall–Kier alpha value is -1.07. The van der Waals surface area contributed by atoms with Gasteiger partial charge in [-0.15, -0.1) is 0 Å². The van der Waals surface area contributed by atoms with Crippen molar-refractivity contribution in [2.24, 2.45) is 0 Å². The number of aromatic amines is 1. The van der Waals surface area contributed by atoms with Gasteiger partial charge in [-0.1, -0.05) is 11.6 Å². The SMILES string of the molecule is O=c1[nH]cnc(OCC2CCCCO2)c1Cl. The number of rotatable bonds is 3. The lowest BCUT2D eigenvalue weighted by atomic mass is 10.1. The van der Waals surface area contributed by atoms with E-state index in [4.69, 9.17) is 21.1 Å². The van der Waals surface area contributed by atoms with Gasteiger partial charge in [0, 0.05) is 6.61 Å². The molecule has 2 rings (SSSR count). The maximum Gasteiger partial charge on any atom is 0.273 e. The summed E-state index contributed by atoms with van der Waals surface area (Å²) in [7, 11) is 0. The monoisotopic (exact) mass is 244 g/mol. The summed E-state index contributed by atoms with van der Waals surface area (Å²) >= 11 is 5.74. The normalized spacial score (nSPS) is 20.7. The summed E-state index contributed by atoms with van der Waals surface area (Å²) in [4.78, 5) is 17.4. The van der Waals surface area contributed by atoms with Crippen molar-refractivity contribution in [2.75, 3.05) is 13.2 Å². The van der Waals surface area contributed by atoms with Crippen molar-refractivity contribution in [3.8, 4) is 5.88 Å². The first-order chi connectivity index (χ1) is 7.77. The number of nitrogens with one attached hydrogen (secondary N) is 1. The third-order valence-corrected chi connectivity index (χ3v) is 2.78. The van der Waals surface area contributed by atoms with Crippen molar-refractivity contribution < 1.29 is 9.47 Å². The Bertz CT molecular complexity index is 401. The zero-order chi connectivity index (χ0) is 11.4. The second-order valence-electron chi connectivity index (χ2n) is 3.65. The van der Waals surface area contributed by atoms with E-state index in [1.165, 1.54) is 6.33 Å². The second kappa shape index (κ2) is 5.32. The number of nitrogens with zero attached hydrogens (tertiary/aromatic N) is 1. The first kappa shape index (κ1) is 11.4. The van der Waals surface area contributed by atoms with Gasteiger partial charge in [-0.25, -0.2) is 4.98 Å². The van der Waals surface area contributed by atoms with Crippen molar-refractivity contribution >= 4 is 11.6 Å². The highest BCUT2D eigenvalue weighted by Gasteiger charge is 2.16. The van der Waals surface area contributed by atoms with Crippen molar-refractivity contribution in [3.63, 3.8) is 0 Å². The van der Waals surface area contributed by atoms with Gasteiger partial charge in [0.2, 0.25) is 5.88 Å². The van der Waals surface area contributed by atoms with E-state index < -0.39 is 5.56 Å². The molecule has 5 nitrogen and oxygen atoms in total. The van der Waals surface area contributed by atoms with E-state index in [0.29, 0.717) is 6.61 Å². The van der Waals surface area contributed by atoms with Crippen LogP contribution >= 0.6 is 11.6 Å². The molecule has 0 aromatic carbocycles. The molecule has 16 heavy (non-hydrogen) atoms. The van der Waals surface area contributed by atoms with Crippen LogP contribution in [0, 0.1) is 0 Å². The van der Waals surface area contributed by atoms with Gasteiger partial charge in [0.25, 0.3) is 5.56 Å². The Morgan fingerprint density at radius 2 is 2.50 bits per heavy atom. The minimum atomic E-state index is -0.392. The molecule has 1 aliphatic rings. The molecule has 0 radical (unpaired) electrons. The Morgan fingerprint density at radius 1 is 1.62 bits per heavy atom. The first-order valence-corrected chi connectivity index (χ1v) is 5.63. The summed E-state index contributed by atoms with van der Waals surface area (Å²) in [6, 6.07) is 0. The average Bonchev–Trinajstić information content (AvgIpc) is 2.32. The van der Waals surface area contributed by atoms with E-state index in [1.54, 1.807) is 0 Å². The minimum Gasteiger partial charge on any atom is -0.474 e. The molecule has 1 aliphatic heterocycles. The zero-order valence-electron chi connectivity index (χ0n) is 8.74. The number of aromatic nitrogens is 2. The molecule has 1 aromatic heterocycles. The van der Waals surface area contributed by atoms with Gasteiger partial charge < -0.3 is 14.5 Å². The van der Waals surface area contributed by atoms with Crippen LogP contribution < -0.4 is 10.3 Å². The van der Waals surface area contributed by atoms with E-state index in [0.717, 1.165) is 25.9 Å². The predicted octanol–water partition coefficient (Wildman–Crippen LogP) is 1.37. The highest BCUT2D eigenvalue weighted by Crippen LogP contribution is 2.18. The van der Waals surface area contributed by atoms with Crippen LogP contribution in [0.15, 0.2) is 11.1 Å². The summed E-state index contributed by atoms with van der Waals surface area (Å²) in [5.74, 6) is 0.166. The molecule has 1 fully saturated rings. The van der Waals surface area contributed by atoms with Crippen LogP contribution in [0.25, 0.3) is 0 Å². The fourth-order valence-electron chi connectivity index (χ4n) is 1.58. The number of hydrogen-bond donors (Lipinski definition) is 1. The fourth-order valence-corrected chi connectivity index (χ4v) is 1.74. The van der Waals surface area contributed by atoms with Crippen LogP contribution in [-0.4, -0.2) is 29.3 Å². The van der Waals surface area contributed by atoms with Crippen LogP contribution in [0.5, 0.6) is 5.88 Å². The predicted molar refractivity (Wildman–Crippen MR) is 59.0 cm³/mol. The van der Waals surface area contributed by atoms with E-state index >= 15 is 0 Å². The molecule has 0 amide bonds. The highest BCUT2D eigenvalue weighted by atomic mass is 35.5. The van der Waals surface area contributed by atoms with Crippen LogP contribution in [0.1, 0.15) is 19.3 Å². The summed E-state index contributed by atoms with van der Waals surface area (Å²) in [6.45, 7) is 1.15. The smallest absolute Gasteiger partial charge is 0.273 e. The molecule has 0 saturated carbocycles. The third kappa shape index (κ3) is 2.74. The molecule has 1 atom stereocenters. The Morgan fingerprint density at radius 3 is 3.25 bits per heavy atom. The second-order valence-corrected chi connectivity index (χ2v) is 4.03. The lowest BCUT2D eigenvalue weighted by Gasteiger charge is -2.22. The van der Waals surface area contributed by atoms with E-state index in [9.17, 15) is 4.79 Å². The zero-order valence-corrected chi connectivity index (χ0v) is 9.50. The molecule has 1 N–H and O–H groups in total. The number of H-pyrrole nitrogens is 1. The fraction of sp³-hybridized carbons (Fsp3) is 0.600. The van der Waals surface area contributed by atoms with E-state index in [2.05, 4.69) is 9.97 Å². The lowest BCUT2D eigenvalue weighted by molar-refractivity contribution is -0.0119. The molecule has 0 bridgehead atoms. The lowest BCUT2D eigenvalue weighted by Crippen LogP contribution is -2.26. The van der Waals surface area contributed by atoms with Gasteiger partial charge in [-0.05, 0) is 19.3 Å². The molecule has 0 aliphatic carbocycles. The van der Waals surface area contributed by atoms with Crippen LogP contribution in [-0.2, 0) is 4.74 Å².